The van der Waals surface area contributed by atoms with Gasteiger partial charge in [0.15, 0.2) is 0 Å². The second-order valence-corrected chi connectivity index (χ2v) is 5.03. The monoisotopic (exact) mass is 263 g/mol. The first-order valence-electron chi connectivity index (χ1n) is 6.36. The van der Waals surface area contributed by atoms with Crippen LogP contribution in [0.4, 0.5) is 4.39 Å². The molecule has 0 fully saturated rings. The Morgan fingerprint density at radius 1 is 1.37 bits per heavy atom. The molecule has 1 unspecified atom stereocenters. The van der Waals surface area contributed by atoms with E-state index in [1.165, 1.54) is 18.5 Å². The van der Waals surface area contributed by atoms with Gasteiger partial charge in [0, 0.05) is 13.0 Å². The molecule has 2 aromatic rings. The minimum Gasteiger partial charge on any atom is -0.388 e. The molecule has 1 N–H and O–H groups in total. The average Bonchev–Trinajstić information content (AvgIpc) is 2.75. The highest BCUT2D eigenvalue weighted by Crippen LogP contribution is 2.18. The molecule has 0 spiro atoms. The van der Waals surface area contributed by atoms with Crippen molar-refractivity contribution in [3.63, 3.8) is 0 Å². The summed E-state index contributed by atoms with van der Waals surface area (Å²) in [6.07, 6.45) is 1.04. The number of halogens is 1. The molecule has 1 heterocycles. The zero-order chi connectivity index (χ0) is 13.8. The van der Waals surface area contributed by atoms with Gasteiger partial charge in [-0.3, -0.25) is 0 Å². The van der Waals surface area contributed by atoms with E-state index in [1.807, 2.05) is 0 Å². The summed E-state index contributed by atoms with van der Waals surface area (Å²) in [6, 6.07) is 5.99. The fourth-order valence-corrected chi connectivity index (χ4v) is 1.95. The summed E-state index contributed by atoms with van der Waals surface area (Å²) >= 11 is 0. The summed E-state index contributed by atoms with van der Waals surface area (Å²) in [6.45, 7) is 4.94. The topological polar surface area (TPSA) is 50.9 Å². The van der Waals surface area contributed by atoms with Crippen molar-refractivity contribution in [3.05, 3.63) is 47.8 Å². The first-order chi connectivity index (χ1) is 9.06. The van der Waals surface area contributed by atoms with Crippen molar-refractivity contribution in [1.29, 1.82) is 0 Å². The minimum atomic E-state index is -0.772. The van der Waals surface area contributed by atoms with E-state index in [4.69, 9.17) is 0 Å². The Balaban J connectivity index is 2.10. The second kappa shape index (κ2) is 5.93. The van der Waals surface area contributed by atoms with Gasteiger partial charge in [-0.25, -0.2) is 14.1 Å². The van der Waals surface area contributed by atoms with Gasteiger partial charge < -0.3 is 5.11 Å². The molecule has 1 aromatic heterocycles. The maximum atomic E-state index is 13.1. The minimum absolute atomic E-state index is 0.330. The zero-order valence-electron chi connectivity index (χ0n) is 11.1. The maximum absolute atomic E-state index is 13.1. The molecular formula is C14H18FN3O. The van der Waals surface area contributed by atoms with Crippen molar-refractivity contribution in [1.82, 2.24) is 14.8 Å². The third kappa shape index (κ3) is 3.61. The molecule has 0 aliphatic heterocycles. The normalized spacial score (nSPS) is 12.9. The molecular weight excluding hydrogens is 245 g/mol. The van der Waals surface area contributed by atoms with E-state index in [-0.39, 0.29) is 5.82 Å². The lowest BCUT2D eigenvalue weighted by molar-refractivity contribution is 0.173. The van der Waals surface area contributed by atoms with Crippen LogP contribution in [0.2, 0.25) is 0 Å². The largest absolute Gasteiger partial charge is 0.388 e. The molecule has 19 heavy (non-hydrogen) atoms. The van der Waals surface area contributed by atoms with E-state index in [0.717, 1.165) is 6.54 Å². The van der Waals surface area contributed by atoms with E-state index < -0.39 is 6.10 Å². The van der Waals surface area contributed by atoms with E-state index in [2.05, 4.69) is 23.9 Å². The van der Waals surface area contributed by atoms with Crippen molar-refractivity contribution in [2.24, 2.45) is 5.92 Å². The zero-order valence-corrected chi connectivity index (χ0v) is 11.1. The summed E-state index contributed by atoms with van der Waals surface area (Å²) < 4.78 is 14.9. The lowest BCUT2D eigenvalue weighted by atomic mass is 10.1. The van der Waals surface area contributed by atoms with Crippen molar-refractivity contribution in [2.45, 2.75) is 32.9 Å². The fourth-order valence-electron chi connectivity index (χ4n) is 1.95. The molecule has 2 rings (SSSR count). The number of aromatic nitrogens is 3. The van der Waals surface area contributed by atoms with Crippen LogP contribution in [0.3, 0.4) is 0 Å². The van der Waals surface area contributed by atoms with Gasteiger partial charge in [0.25, 0.3) is 0 Å². The predicted molar refractivity (Wildman–Crippen MR) is 69.9 cm³/mol. The molecule has 4 nitrogen and oxygen atoms in total. The van der Waals surface area contributed by atoms with Crippen LogP contribution in [0.1, 0.15) is 31.3 Å². The molecule has 1 aromatic carbocycles. The summed E-state index contributed by atoms with van der Waals surface area (Å²) in [7, 11) is 0. The third-order valence-corrected chi connectivity index (χ3v) is 2.84. The summed E-state index contributed by atoms with van der Waals surface area (Å²) in [5.74, 6) is 0.817. The molecule has 0 radical (unpaired) electrons. The number of hydrogen-bond donors (Lipinski definition) is 1. The van der Waals surface area contributed by atoms with Crippen LogP contribution in [0.25, 0.3) is 0 Å². The van der Waals surface area contributed by atoms with Crippen LogP contribution in [0, 0.1) is 11.7 Å². The number of benzene rings is 1. The number of rotatable bonds is 5. The molecule has 0 amide bonds. The Morgan fingerprint density at radius 2 is 2.16 bits per heavy atom. The van der Waals surface area contributed by atoms with Crippen LogP contribution >= 0.6 is 0 Å². The van der Waals surface area contributed by atoms with Crippen molar-refractivity contribution < 1.29 is 9.50 Å². The van der Waals surface area contributed by atoms with Gasteiger partial charge in [-0.2, -0.15) is 5.10 Å². The van der Waals surface area contributed by atoms with Gasteiger partial charge >= 0.3 is 0 Å². The highest BCUT2D eigenvalue weighted by molar-refractivity contribution is 5.19. The highest BCUT2D eigenvalue weighted by Gasteiger charge is 2.14. The van der Waals surface area contributed by atoms with Crippen LogP contribution < -0.4 is 0 Å². The quantitative estimate of drug-likeness (QED) is 0.901. The smallest absolute Gasteiger partial charge is 0.138 e. The molecule has 0 bridgehead atoms. The Morgan fingerprint density at radius 3 is 2.84 bits per heavy atom. The Kier molecular flexibility index (Phi) is 4.27. The van der Waals surface area contributed by atoms with Crippen molar-refractivity contribution in [2.75, 3.05) is 0 Å². The van der Waals surface area contributed by atoms with Crippen LogP contribution in [-0.2, 0) is 13.0 Å². The van der Waals surface area contributed by atoms with Gasteiger partial charge in [-0.05, 0) is 23.6 Å². The van der Waals surface area contributed by atoms with Gasteiger partial charge in [0.2, 0.25) is 0 Å². The maximum Gasteiger partial charge on any atom is 0.138 e. The van der Waals surface area contributed by atoms with Crippen LogP contribution in [0.15, 0.2) is 30.6 Å². The molecule has 5 heteroatoms. The number of hydrogen-bond acceptors (Lipinski definition) is 3. The van der Waals surface area contributed by atoms with E-state index in [1.54, 1.807) is 16.8 Å². The van der Waals surface area contributed by atoms with Gasteiger partial charge in [-0.1, -0.05) is 26.0 Å². The van der Waals surface area contributed by atoms with E-state index in [0.29, 0.717) is 23.7 Å². The first kappa shape index (κ1) is 13.7. The lowest BCUT2D eigenvalue weighted by Gasteiger charge is -2.13. The first-order valence-corrected chi connectivity index (χ1v) is 6.36. The molecule has 1 atom stereocenters. The highest BCUT2D eigenvalue weighted by atomic mass is 19.1. The van der Waals surface area contributed by atoms with E-state index in [9.17, 15) is 9.50 Å². The van der Waals surface area contributed by atoms with E-state index >= 15 is 0 Å². The number of aliphatic hydroxyl groups excluding tert-OH is 1. The van der Waals surface area contributed by atoms with Crippen molar-refractivity contribution >= 4 is 0 Å². The van der Waals surface area contributed by atoms with Gasteiger partial charge in [-0.15, -0.1) is 0 Å². The van der Waals surface area contributed by atoms with Crippen LogP contribution in [0.5, 0.6) is 0 Å². The summed E-state index contributed by atoms with van der Waals surface area (Å²) in [4.78, 5) is 4.16. The Bertz CT molecular complexity index is 539. The molecule has 0 aliphatic carbocycles. The molecule has 0 saturated heterocycles. The Hall–Kier alpha value is -1.75. The fraction of sp³-hybridized carbons (Fsp3) is 0.429. The van der Waals surface area contributed by atoms with Gasteiger partial charge in [0.05, 0.1) is 6.10 Å². The predicted octanol–water partition coefficient (Wildman–Crippen LogP) is 2.35. The third-order valence-electron chi connectivity index (χ3n) is 2.84. The number of aliphatic hydroxyl groups is 1. The SMILES string of the molecule is CC(C)Cn1ncnc1CC(O)c1cccc(F)c1. The van der Waals surface area contributed by atoms with Gasteiger partial charge in [0.1, 0.15) is 18.0 Å². The molecule has 0 saturated carbocycles. The molecule has 0 aliphatic rings. The second-order valence-electron chi connectivity index (χ2n) is 5.03. The average molecular weight is 263 g/mol. The lowest BCUT2D eigenvalue weighted by Crippen LogP contribution is -2.13. The van der Waals surface area contributed by atoms with Crippen molar-refractivity contribution in [3.8, 4) is 0 Å². The standard InChI is InChI=1S/C14H18FN3O/c1-10(2)8-18-14(16-9-17-18)7-13(19)11-4-3-5-12(15)6-11/h3-6,9-10,13,19H,7-8H2,1-2H3. The summed E-state index contributed by atoms with van der Waals surface area (Å²) in [5.41, 5.74) is 0.555. The Labute approximate surface area is 111 Å². The summed E-state index contributed by atoms with van der Waals surface area (Å²) in [5, 5.41) is 14.3. The molecule has 102 valence electrons. The van der Waals surface area contributed by atoms with Crippen LogP contribution in [-0.4, -0.2) is 19.9 Å². The number of nitrogens with zero attached hydrogens (tertiary/aromatic N) is 3.